The Hall–Kier alpha value is -0.773. The van der Waals surface area contributed by atoms with Gasteiger partial charge in [0.15, 0.2) is 0 Å². The molecule has 25 heavy (non-hydrogen) atoms. The average molecular weight is 367 g/mol. The first-order chi connectivity index (χ1) is 11.4. The van der Waals surface area contributed by atoms with E-state index in [4.69, 9.17) is 9.16 Å². The minimum absolute atomic E-state index is 0.0155. The Morgan fingerprint density at radius 2 is 1.92 bits per heavy atom. The smallest absolute Gasteiger partial charge is 0.312 e. The summed E-state index contributed by atoms with van der Waals surface area (Å²) in [6.45, 7) is 18.2. The van der Waals surface area contributed by atoms with Crippen molar-refractivity contribution < 1.29 is 14.0 Å². The van der Waals surface area contributed by atoms with Crippen molar-refractivity contribution in [3.63, 3.8) is 0 Å². The first-order valence-corrected chi connectivity index (χ1v) is 12.9. The van der Waals surface area contributed by atoms with Crippen LogP contribution >= 0.6 is 0 Å². The second-order valence-corrected chi connectivity index (χ2v) is 14.4. The van der Waals surface area contributed by atoms with Crippen LogP contribution in [0.3, 0.4) is 0 Å². The molecule has 0 spiro atoms. The molecular weight excluding hydrogens is 328 g/mol. The third kappa shape index (κ3) is 3.69. The van der Waals surface area contributed by atoms with Gasteiger partial charge in [0, 0.05) is 6.42 Å². The third-order valence-electron chi connectivity index (χ3n) is 7.11. The molecule has 1 fully saturated rings. The first kappa shape index (κ1) is 20.5. The van der Waals surface area contributed by atoms with Gasteiger partial charge in [0.25, 0.3) is 0 Å². The number of carbonyl (C=O) groups is 1. The van der Waals surface area contributed by atoms with Crippen molar-refractivity contribution >= 4 is 14.3 Å². The fourth-order valence-electron chi connectivity index (χ4n) is 4.17. The standard InChI is InChI=1S/C21H38O3Si/c1-9-23-19(22)21(6)15(2)14-18(16-12-10-11-13-17(16)21)24-25(7,8)20(3,4)5/h15,17H,9-14H2,1-8H3/t15-,17-,21-/m1/s1. The Labute approximate surface area is 155 Å². The van der Waals surface area contributed by atoms with Crippen molar-refractivity contribution in [1.29, 1.82) is 0 Å². The van der Waals surface area contributed by atoms with Crippen LogP contribution in [0.4, 0.5) is 0 Å². The monoisotopic (exact) mass is 366 g/mol. The number of allylic oxidation sites excluding steroid dienone is 2. The van der Waals surface area contributed by atoms with Gasteiger partial charge in [0.05, 0.1) is 17.8 Å². The molecule has 0 heterocycles. The Morgan fingerprint density at radius 1 is 1.28 bits per heavy atom. The van der Waals surface area contributed by atoms with E-state index in [0.29, 0.717) is 6.61 Å². The normalized spacial score (nSPS) is 30.7. The molecule has 2 rings (SSSR count). The average Bonchev–Trinajstić information content (AvgIpc) is 2.51. The van der Waals surface area contributed by atoms with Gasteiger partial charge in [0.2, 0.25) is 8.32 Å². The zero-order valence-electron chi connectivity index (χ0n) is 17.6. The van der Waals surface area contributed by atoms with E-state index in [-0.39, 0.29) is 22.8 Å². The van der Waals surface area contributed by atoms with E-state index in [2.05, 4.69) is 47.7 Å². The topological polar surface area (TPSA) is 35.5 Å². The number of ether oxygens (including phenoxy) is 1. The van der Waals surface area contributed by atoms with Crippen molar-refractivity contribution in [2.24, 2.45) is 17.3 Å². The highest BCUT2D eigenvalue weighted by molar-refractivity contribution is 6.74. The van der Waals surface area contributed by atoms with Crippen LogP contribution in [0.1, 0.15) is 73.6 Å². The van der Waals surface area contributed by atoms with Gasteiger partial charge in [-0.1, -0.05) is 34.1 Å². The summed E-state index contributed by atoms with van der Waals surface area (Å²) in [4.78, 5) is 12.9. The summed E-state index contributed by atoms with van der Waals surface area (Å²) < 4.78 is 12.3. The number of carbonyl (C=O) groups excluding carboxylic acids is 1. The van der Waals surface area contributed by atoms with Crippen LogP contribution < -0.4 is 0 Å². The number of hydrogen-bond donors (Lipinski definition) is 0. The first-order valence-electron chi connectivity index (χ1n) is 10.0. The van der Waals surface area contributed by atoms with E-state index in [9.17, 15) is 4.79 Å². The molecule has 0 radical (unpaired) electrons. The number of hydrogen-bond acceptors (Lipinski definition) is 3. The van der Waals surface area contributed by atoms with E-state index in [1.165, 1.54) is 24.2 Å². The lowest BCUT2D eigenvalue weighted by molar-refractivity contribution is -0.162. The second kappa shape index (κ2) is 7.09. The molecule has 144 valence electrons. The van der Waals surface area contributed by atoms with Crippen LogP contribution in [0.5, 0.6) is 0 Å². The number of fused-ring (bicyclic) bond motifs is 1. The molecule has 4 heteroatoms. The van der Waals surface area contributed by atoms with Gasteiger partial charge in [-0.15, -0.1) is 0 Å². The molecule has 0 N–H and O–H groups in total. The van der Waals surface area contributed by atoms with Crippen molar-refractivity contribution in [2.75, 3.05) is 6.61 Å². The summed E-state index contributed by atoms with van der Waals surface area (Å²) in [5, 5.41) is 0.190. The molecule has 0 aromatic carbocycles. The fraction of sp³-hybridized carbons (Fsp3) is 0.857. The molecule has 1 saturated carbocycles. The lowest BCUT2D eigenvalue weighted by Gasteiger charge is -2.49. The molecule has 0 aromatic rings. The van der Waals surface area contributed by atoms with E-state index in [1.807, 2.05) is 6.92 Å². The fourth-order valence-corrected chi connectivity index (χ4v) is 5.31. The maximum atomic E-state index is 12.9. The zero-order chi connectivity index (χ0) is 19.0. The highest BCUT2D eigenvalue weighted by atomic mass is 28.4. The molecule has 0 amide bonds. The van der Waals surface area contributed by atoms with Gasteiger partial charge in [-0.25, -0.2) is 0 Å². The lowest BCUT2D eigenvalue weighted by Crippen LogP contribution is -2.49. The van der Waals surface area contributed by atoms with Gasteiger partial charge < -0.3 is 9.16 Å². The third-order valence-corrected chi connectivity index (χ3v) is 11.5. The highest BCUT2D eigenvalue weighted by Gasteiger charge is 2.53. The summed E-state index contributed by atoms with van der Waals surface area (Å²) in [5.74, 6) is 1.73. The molecule has 3 atom stereocenters. The zero-order valence-corrected chi connectivity index (χ0v) is 18.6. The van der Waals surface area contributed by atoms with Crippen molar-refractivity contribution in [3.05, 3.63) is 11.3 Å². The molecular formula is C21H38O3Si. The Morgan fingerprint density at radius 3 is 2.48 bits per heavy atom. The van der Waals surface area contributed by atoms with Crippen LogP contribution in [-0.2, 0) is 14.0 Å². The van der Waals surface area contributed by atoms with E-state index >= 15 is 0 Å². The van der Waals surface area contributed by atoms with Gasteiger partial charge in [-0.3, -0.25) is 4.79 Å². The lowest BCUT2D eigenvalue weighted by atomic mass is 9.57. The summed E-state index contributed by atoms with van der Waals surface area (Å²) in [7, 11) is -1.86. The van der Waals surface area contributed by atoms with Crippen LogP contribution in [0.15, 0.2) is 11.3 Å². The van der Waals surface area contributed by atoms with E-state index in [0.717, 1.165) is 19.3 Å². The number of esters is 1. The van der Waals surface area contributed by atoms with Gasteiger partial charge in [0.1, 0.15) is 0 Å². The van der Waals surface area contributed by atoms with Crippen LogP contribution in [0.25, 0.3) is 0 Å². The Bertz CT molecular complexity index is 544. The van der Waals surface area contributed by atoms with Gasteiger partial charge >= 0.3 is 5.97 Å². The summed E-state index contributed by atoms with van der Waals surface area (Å²) >= 11 is 0. The summed E-state index contributed by atoms with van der Waals surface area (Å²) in [6.07, 6.45) is 5.44. The Kier molecular flexibility index (Phi) is 5.83. The summed E-state index contributed by atoms with van der Waals surface area (Å²) in [5.41, 5.74) is 1.01. The molecule has 0 aliphatic heterocycles. The van der Waals surface area contributed by atoms with Crippen molar-refractivity contribution in [1.82, 2.24) is 0 Å². The van der Waals surface area contributed by atoms with E-state index in [1.54, 1.807) is 0 Å². The molecule has 2 aliphatic rings. The van der Waals surface area contributed by atoms with Crippen molar-refractivity contribution in [3.8, 4) is 0 Å². The summed E-state index contributed by atoms with van der Waals surface area (Å²) in [6, 6.07) is 0. The maximum absolute atomic E-state index is 12.9. The highest BCUT2D eigenvalue weighted by Crippen LogP contribution is 2.55. The molecule has 2 aliphatic carbocycles. The largest absolute Gasteiger partial charge is 0.547 e. The predicted molar refractivity (Wildman–Crippen MR) is 106 cm³/mol. The molecule has 0 bridgehead atoms. The SMILES string of the molecule is CCOC(=O)[C@]1(C)[C@H](C)CC(O[Si](C)(C)C(C)(C)C)=C2CCCC[C@H]21. The second-order valence-electron chi connectivity index (χ2n) is 9.72. The van der Waals surface area contributed by atoms with Gasteiger partial charge in [-0.05, 0) is 68.7 Å². The minimum Gasteiger partial charge on any atom is -0.547 e. The molecule has 3 nitrogen and oxygen atoms in total. The van der Waals surface area contributed by atoms with Crippen LogP contribution in [-0.4, -0.2) is 20.9 Å². The van der Waals surface area contributed by atoms with Gasteiger partial charge in [-0.2, -0.15) is 0 Å². The quantitative estimate of drug-likeness (QED) is 0.448. The van der Waals surface area contributed by atoms with E-state index < -0.39 is 13.7 Å². The molecule has 0 saturated heterocycles. The Balaban J connectivity index is 2.42. The maximum Gasteiger partial charge on any atom is 0.312 e. The van der Waals surface area contributed by atoms with Crippen molar-refractivity contribution in [2.45, 2.75) is 91.8 Å². The minimum atomic E-state index is -1.86. The molecule has 0 aromatic heterocycles. The molecule has 0 unspecified atom stereocenters. The predicted octanol–water partition coefficient (Wildman–Crippen LogP) is 6.06. The van der Waals surface area contributed by atoms with Crippen LogP contribution in [0, 0.1) is 17.3 Å². The van der Waals surface area contributed by atoms with Crippen LogP contribution in [0.2, 0.25) is 18.1 Å². The number of rotatable bonds is 4.